The fourth-order valence-corrected chi connectivity index (χ4v) is 4.78. The first-order valence-electron chi connectivity index (χ1n) is 12.9. The van der Waals surface area contributed by atoms with Crippen molar-refractivity contribution in [2.24, 2.45) is 7.05 Å². The number of aryl methyl sites for hydroxylation is 1. The summed E-state index contributed by atoms with van der Waals surface area (Å²) in [4.78, 5) is 28.8. The van der Waals surface area contributed by atoms with Crippen LogP contribution in [-0.4, -0.2) is 80.0 Å². The van der Waals surface area contributed by atoms with Gasteiger partial charge in [-0.15, -0.1) is 0 Å². The van der Waals surface area contributed by atoms with Gasteiger partial charge in [-0.1, -0.05) is 6.08 Å². The zero-order valence-corrected chi connectivity index (χ0v) is 23.0. The Morgan fingerprint density at radius 3 is 2.74 bits per heavy atom. The molecule has 5 rings (SSSR count). The summed E-state index contributed by atoms with van der Waals surface area (Å²) in [5.41, 5.74) is 5.75. The highest BCUT2D eigenvalue weighted by Gasteiger charge is 2.24. The first kappa shape index (κ1) is 25.7. The maximum atomic E-state index is 12.4. The predicted molar refractivity (Wildman–Crippen MR) is 151 cm³/mol. The van der Waals surface area contributed by atoms with Crippen LogP contribution in [0.15, 0.2) is 36.8 Å². The molecule has 200 valence electrons. The van der Waals surface area contributed by atoms with E-state index >= 15 is 0 Å². The highest BCUT2D eigenvalue weighted by Crippen LogP contribution is 2.31. The number of carbonyl (C=O) groups excluding carboxylic acids is 1. The minimum absolute atomic E-state index is 0.280. The van der Waals surface area contributed by atoms with Crippen LogP contribution in [0.2, 0.25) is 0 Å². The number of rotatable bonds is 6. The number of hydrogen-bond acceptors (Lipinski definition) is 7. The molecule has 4 heterocycles. The van der Waals surface area contributed by atoms with E-state index in [1.54, 1.807) is 11.2 Å². The first-order chi connectivity index (χ1) is 18.1. The zero-order valence-electron chi connectivity index (χ0n) is 23.0. The summed E-state index contributed by atoms with van der Waals surface area (Å²) >= 11 is 0. The number of nitrogens with zero attached hydrogens (tertiary/aromatic N) is 6. The van der Waals surface area contributed by atoms with Crippen LogP contribution in [0.25, 0.3) is 27.5 Å². The summed E-state index contributed by atoms with van der Waals surface area (Å²) in [5.74, 6) is 0.742. The Morgan fingerprint density at radius 1 is 1.21 bits per heavy atom. The van der Waals surface area contributed by atoms with Crippen LogP contribution in [0.1, 0.15) is 38.4 Å². The van der Waals surface area contributed by atoms with Gasteiger partial charge < -0.3 is 24.8 Å². The fourth-order valence-electron chi connectivity index (χ4n) is 4.78. The van der Waals surface area contributed by atoms with Gasteiger partial charge in [0.25, 0.3) is 0 Å². The molecule has 0 unspecified atom stereocenters. The molecule has 1 aromatic carbocycles. The minimum Gasteiger partial charge on any atom is -0.444 e. The average Bonchev–Trinajstić information content (AvgIpc) is 3.46. The van der Waals surface area contributed by atoms with E-state index in [0.717, 1.165) is 64.1 Å². The Bertz CT molecular complexity index is 1510. The number of aromatic amines is 1. The fraction of sp³-hybridized carbons (Fsp3) is 0.429. The van der Waals surface area contributed by atoms with E-state index in [1.807, 2.05) is 38.7 Å². The van der Waals surface area contributed by atoms with Crippen molar-refractivity contribution in [2.75, 3.05) is 39.0 Å². The molecule has 0 atom stereocenters. The summed E-state index contributed by atoms with van der Waals surface area (Å²) < 4.78 is 7.46. The second-order valence-electron chi connectivity index (χ2n) is 11.1. The van der Waals surface area contributed by atoms with Gasteiger partial charge in [0, 0.05) is 43.4 Å². The number of anilines is 2. The summed E-state index contributed by atoms with van der Waals surface area (Å²) in [6.07, 6.45) is 6.92. The number of likely N-dealkylation sites (N-methyl/N-ethyl adjacent to an activating group) is 1. The summed E-state index contributed by atoms with van der Waals surface area (Å²) in [7, 11) is 6.15. The third-order valence-corrected chi connectivity index (χ3v) is 6.64. The van der Waals surface area contributed by atoms with Gasteiger partial charge in [0.1, 0.15) is 23.4 Å². The highest BCUT2D eigenvalue weighted by molar-refractivity contribution is 5.94. The van der Waals surface area contributed by atoms with Gasteiger partial charge >= 0.3 is 6.09 Å². The summed E-state index contributed by atoms with van der Waals surface area (Å²) in [6.45, 7) is 7.71. The standard InChI is InChI=1S/C28H36N8O2/c1-28(2,3)38-27(37)36-11-8-18(9-12-36)23-15-22-25(29-17-30-26(22)33-23)32-21-13-19(7-10-34(4)5)24-20(14-21)16-31-35(24)6/h8,13-17H,7,9-12H2,1-6H3,(H2,29,30,32,33). The molecule has 2 N–H and O–H groups in total. The van der Waals surface area contributed by atoms with Gasteiger partial charge in [-0.05, 0) is 77.0 Å². The topological polar surface area (TPSA) is 104 Å². The first-order valence-corrected chi connectivity index (χ1v) is 12.9. The number of aromatic nitrogens is 5. The Balaban J connectivity index is 1.39. The van der Waals surface area contributed by atoms with Crippen LogP contribution in [-0.2, 0) is 18.2 Å². The molecule has 10 nitrogen and oxygen atoms in total. The van der Waals surface area contributed by atoms with Gasteiger partial charge in [-0.25, -0.2) is 14.8 Å². The van der Waals surface area contributed by atoms with Crippen LogP contribution in [0.4, 0.5) is 16.3 Å². The molecule has 4 aromatic rings. The SMILES string of the molecule is CN(C)CCc1cc(Nc2ncnc3[nH]c(C4=CCN(C(=O)OC(C)(C)C)CC4)cc23)cc2cnn(C)c12. The minimum atomic E-state index is -0.505. The van der Waals surface area contributed by atoms with Crippen LogP contribution in [0.5, 0.6) is 0 Å². The third kappa shape index (κ3) is 5.50. The number of fused-ring (bicyclic) bond motifs is 2. The molecule has 0 saturated heterocycles. The molecular formula is C28H36N8O2. The van der Waals surface area contributed by atoms with E-state index in [-0.39, 0.29) is 6.09 Å². The Labute approximate surface area is 222 Å². The molecular weight excluding hydrogens is 480 g/mol. The molecule has 0 fully saturated rings. The van der Waals surface area contributed by atoms with Crippen LogP contribution >= 0.6 is 0 Å². The van der Waals surface area contributed by atoms with E-state index in [0.29, 0.717) is 13.1 Å². The van der Waals surface area contributed by atoms with Gasteiger partial charge in [-0.2, -0.15) is 5.10 Å². The Kier molecular flexibility index (Phi) is 6.83. The van der Waals surface area contributed by atoms with Gasteiger partial charge in [0.2, 0.25) is 0 Å². The number of amides is 1. The van der Waals surface area contributed by atoms with E-state index in [9.17, 15) is 4.79 Å². The average molecular weight is 517 g/mol. The maximum Gasteiger partial charge on any atom is 0.410 e. The predicted octanol–water partition coefficient (Wildman–Crippen LogP) is 4.72. The molecule has 1 aliphatic rings. The lowest BCUT2D eigenvalue weighted by Crippen LogP contribution is -2.39. The monoisotopic (exact) mass is 516 g/mol. The second kappa shape index (κ2) is 10.1. The lowest BCUT2D eigenvalue weighted by Gasteiger charge is -2.29. The third-order valence-electron chi connectivity index (χ3n) is 6.64. The molecule has 0 spiro atoms. The molecule has 1 aliphatic heterocycles. The van der Waals surface area contributed by atoms with E-state index in [2.05, 4.69) is 68.6 Å². The largest absolute Gasteiger partial charge is 0.444 e. The lowest BCUT2D eigenvalue weighted by molar-refractivity contribution is 0.0270. The maximum absolute atomic E-state index is 12.4. The van der Waals surface area contributed by atoms with Gasteiger partial charge in [0.05, 0.1) is 17.1 Å². The number of benzene rings is 1. The summed E-state index contributed by atoms with van der Waals surface area (Å²) in [5, 5.41) is 10.0. The highest BCUT2D eigenvalue weighted by atomic mass is 16.6. The summed E-state index contributed by atoms with van der Waals surface area (Å²) in [6, 6.07) is 6.38. The van der Waals surface area contributed by atoms with Crippen molar-refractivity contribution in [3.63, 3.8) is 0 Å². The quantitative estimate of drug-likeness (QED) is 0.382. The number of hydrogen-bond donors (Lipinski definition) is 2. The van der Waals surface area contributed by atoms with Gasteiger partial charge in [0.15, 0.2) is 0 Å². The lowest BCUT2D eigenvalue weighted by atomic mass is 10.0. The number of carbonyl (C=O) groups is 1. The molecule has 0 aliphatic carbocycles. The smallest absolute Gasteiger partial charge is 0.410 e. The van der Waals surface area contributed by atoms with E-state index in [1.165, 1.54) is 5.56 Å². The van der Waals surface area contributed by atoms with Crippen LogP contribution < -0.4 is 5.32 Å². The number of ether oxygens (including phenoxy) is 1. The van der Waals surface area contributed by atoms with E-state index < -0.39 is 5.60 Å². The zero-order chi connectivity index (χ0) is 27.0. The Hall–Kier alpha value is -3.92. The molecule has 0 saturated carbocycles. The second-order valence-corrected chi connectivity index (χ2v) is 11.1. The van der Waals surface area contributed by atoms with Crippen molar-refractivity contribution >= 4 is 45.1 Å². The van der Waals surface area contributed by atoms with Gasteiger partial charge in [-0.3, -0.25) is 4.68 Å². The van der Waals surface area contributed by atoms with Crippen molar-refractivity contribution in [3.05, 3.63) is 48.1 Å². The number of nitrogens with one attached hydrogen (secondary N) is 2. The van der Waals surface area contributed by atoms with Crippen molar-refractivity contribution in [2.45, 2.75) is 39.2 Å². The molecule has 0 bridgehead atoms. The van der Waals surface area contributed by atoms with Crippen LogP contribution in [0, 0.1) is 0 Å². The van der Waals surface area contributed by atoms with Crippen molar-refractivity contribution in [1.82, 2.24) is 34.5 Å². The van der Waals surface area contributed by atoms with Crippen LogP contribution in [0.3, 0.4) is 0 Å². The Morgan fingerprint density at radius 2 is 2.03 bits per heavy atom. The molecule has 1 amide bonds. The molecule has 38 heavy (non-hydrogen) atoms. The molecule has 3 aromatic heterocycles. The van der Waals surface area contributed by atoms with E-state index in [4.69, 9.17) is 4.74 Å². The normalized spacial score (nSPS) is 14.4. The van der Waals surface area contributed by atoms with Crippen molar-refractivity contribution in [1.29, 1.82) is 0 Å². The van der Waals surface area contributed by atoms with Crippen molar-refractivity contribution < 1.29 is 9.53 Å². The molecule has 0 radical (unpaired) electrons. The molecule has 10 heteroatoms. The number of H-pyrrole nitrogens is 1. The van der Waals surface area contributed by atoms with Crippen molar-refractivity contribution in [3.8, 4) is 0 Å².